The Morgan fingerprint density at radius 1 is 0.131 bits per heavy atom. The van der Waals surface area contributed by atoms with E-state index in [0.29, 0.717) is 0 Å². The Hall–Kier alpha value is -20.0. The predicted octanol–water partition coefficient (Wildman–Crippen LogP) is 31.4. The maximum atomic E-state index is 5.37. The van der Waals surface area contributed by atoms with Gasteiger partial charge in [0.05, 0.1) is 116 Å². The highest BCUT2D eigenvalue weighted by Crippen LogP contribution is 2.46. The smallest absolute Gasteiger partial charge is 0.221 e. The van der Waals surface area contributed by atoms with Gasteiger partial charge in [0.1, 0.15) is 28.2 Å². The summed E-state index contributed by atoms with van der Waals surface area (Å²) >= 11 is 0. The second-order valence-electron chi connectivity index (χ2n) is 37.4. The lowest BCUT2D eigenvalue weighted by Crippen LogP contribution is -2.10. The van der Waals surface area contributed by atoms with Crippen molar-refractivity contribution in [3.63, 3.8) is 0 Å². The number of pyridine rings is 2. The molecular weight excluding hydrogens is 1780 g/mol. The molecule has 33 rings (SSSR count). The van der Waals surface area contributed by atoms with E-state index in [-0.39, 0.29) is 0 Å². The van der Waals surface area contributed by atoms with Crippen LogP contribution in [0.3, 0.4) is 0 Å². The number of aromatic nitrogens is 16. The van der Waals surface area contributed by atoms with E-state index in [1.165, 1.54) is 53.9 Å². The molecule has 17 nitrogen and oxygen atoms in total. The molecule has 0 saturated heterocycles. The summed E-state index contributed by atoms with van der Waals surface area (Å²) in [5, 5.41) is 17.3. The zero-order chi connectivity index (χ0) is 94.7. The molecule has 0 aliphatic rings. The second-order valence-corrected chi connectivity index (χ2v) is 37.4. The van der Waals surface area contributed by atoms with E-state index in [1.807, 2.05) is 36.4 Å². The van der Waals surface area contributed by atoms with Crippen LogP contribution in [0.2, 0.25) is 0 Å². The average molecular weight is 1850 g/mol. The van der Waals surface area contributed by atoms with E-state index >= 15 is 0 Å². The molecule has 0 unspecified atom stereocenters. The third-order valence-corrected chi connectivity index (χ3v) is 29.5. The van der Waals surface area contributed by atoms with Crippen molar-refractivity contribution in [1.29, 1.82) is 0 Å². The Labute approximate surface area is 824 Å². The number of fused-ring (bicyclic) bond motifs is 40. The fourth-order valence-corrected chi connectivity index (χ4v) is 23.1. The van der Waals surface area contributed by atoms with E-state index in [4.69, 9.17) is 39.9 Å². The fraction of sp³-hybridized carbons (Fsp3) is 0. The minimum absolute atomic E-state index is 0.816. The summed E-state index contributed by atoms with van der Waals surface area (Å²) in [6, 6.07) is 165. The molecule has 0 atom stereocenters. The average Bonchev–Trinajstić information content (AvgIpc) is 1.49. The van der Waals surface area contributed by atoms with Crippen LogP contribution >= 0.6 is 0 Å². The molecule has 20 aromatic carbocycles. The molecule has 0 aliphatic carbocycles. The van der Waals surface area contributed by atoms with Crippen molar-refractivity contribution in [1.82, 2.24) is 75.6 Å². The molecule has 17 heteroatoms. The molecule has 0 bridgehead atoms. The van der Waals surface area contributed by atoms with Crippen LogP contribution in [-0.4, -0.2) is 75.6 Å². The van der Waals surface area contributed by atoms with Crippen molar-refractivity contribution in [2.75, 3.05) is 4.90 Å². The number of benzene rings is 20. The fourth-order valence-electron chi connectivity index (χ4n) is 23.1. The first kappa shape index (κ1) is 80.0. The zero-order valence-corrected chi connectivity index (χ0v) is 77.6. The molecule has 0 fully saturated rings. The molecule has 13 heterocycles. The van der Waals surface area contributed by atoms with Crippen LogP contribution in [0.15, 0.2) is 467 Å². The van der Waals surface area contributed by atoms with Gasteiger partial charge in [0, 0.05) is 87.1 Å². The van der Waals surface area contributed by atoms with Crippen LogP contribution in [0.5, 0.6) is 0 Å². The molecule has 33 aromatic rings. The lowest BCUT2D eigenvalue weighted by atomic mass is 9.98. The standard InChI is InChI=1S/2C45H26N6.C38H25N5/c1-4-14-35-33(13-1)44-47-37-16-6-10-20-41(37)51(44)45(48-35)50-39-18-8-2-11-29(39)31-23-21-28(26-42(31)50)27-22-24-32-34(25-27)30-12-3-7-17-38(30)49-40-19-9-5-15-36(40)46-43(32)49;1-2-14-33-29(11-1)30-12-4-8-18-38(30)49-42-26-28(22-24-37(42)47-43(33)49)27-21-23-32-31-13-5-9-19-39(31)50(41(32)25-27)45-48-35-16-6-3-15-34(35)44-46-36-17-7-10-20-40(36)51(44)45;1-3-13-26(14-4-1)41(27-15-5-2-6-16-27)28-23-24-30-29-17-8-11-21-34(29)42(36(30)25-28)38-40-32-19-9-7-18-31(32)37-39-33-20-10-12-22-35(33)43(37)38/h2*1-26H;1-25H. The topological polar surface area (TPSA) is 143 Å². The van der Waals surface area contributed by atoms with Gasteiger partial charge in [-0.1, -0.05) is 279 Å². The lowest BCUT2D eigenvalue weighted by molar-refractivity contribution is 0.979. The summed E-state index contributed by atoms with van der Waals surface area (Å²) in [6.45, 7) is 0. The van der Waals surface area contributed by atoms with Crippen molar-refractivity contribution in [3.05, 3.63) is 467 Å². The number of nitrogens with zero attached hydrogens (tertiary/aromatic N) is 17. The van der Waals surface area contributed by atoms with Gasteiger partial charge in [-0.3, -0.25) is 35.7 Å². The summed E-state index contributed by atoms with van der Waals surface area (Å²) in [6.07, 6.45) is 0. The molecule has 0 radical (unpaired) electrons. The van der Waals surface area contributed by atoms with E-state index < -0.39 is 0 Å². The number of hydrogen-bond donors (Lipinski definition) is 0. The molecule has 0 amide bonds. The monoisotopic (exact) mass is 1850 g/mol. The maximum absolute atomic E-state index is 5.37. The van der Waals surface area contributed by atoms with Gasteiger partial charge in [-0.15, -0.1) is 0 Å². The largest absolute Gasteiger partial charge is 0.310 e. The normalized spacial score (nSPS) is 12.1. The Kier molecular flexibility index (Phi) is 17.2. The highest BCUT2D eigenvalue weighted by molar-refractivity contribution is 6.19. The molecule has 0 N–H and O–H groups in total. The number of imidazole rings is 5. The van der Waals surface area contributed by atoms with Gasteiger partial charge in [0.15, 0.2) is 0 Å². The van der Waals surface area contributed by atoms with Crippen molar-refractivity contribution >= 4 is 242 Å². The summed E-state index contributed by atoms with van der Waals surface area (Å²) in [4.78, 5) is 44.0. The Morgan fingerprint density at radius 2 is 0.379 bits per heavy atom. The summed E-state index contributed by atoms with van der Waals surface area (Å²) in [7, 11) is 0. The van der Waals surface area contributed by atoms with Gasteiger partial charge in [-0.05, 0) is 221 Å². The van der Waals surface area contributed by atoms with Gasteiger partial charge in [-0.2, -0.15) is 0 Å². The van der Waals surface area contributed by atoms with Gasteiger partial charge >= 0.3 is 0 Å². The maximum Gasteiger partial charge on any atom is 0.221 e. The highest BCUT2D eigenvalue weighted by Gasteiger charge is 2.28. The van der Waals surface area contributed by atoms with Crippen molar-refractivity contribution in [2.24, 2.45) is 0 Å². The van der Waals surface area contributed by atoms with Crippen LogP contribution in [0.4, 0.5) is 17.1 Å². The minimum Gasteiger partial charge on any atom is -0.310 e. The van der Waals surface area contributed by atoms with Crippen LogP contribution < -0.4 is 4.90 Å². The SMILES string of the molecule is c1ccc(N(c2ccccc2)c2ccc3c4ccccc4n(-c4nc5ccccc5c5nc6ccccc6n45)c3c2)cc1.c1ccc2c(c1)nc(-n1c3ccccc3c3ccc(-c4ccc5c(c4)c4ccccc4n4c6ccccc6nc54)cc31)n1c3ccccc3nc21.c1ccc2c(c1)nc(-n1c3ccccc3c3ccc(-c4ccc5nc6c7ccccc7c7ccccc7n6c5c4)cc31)n1c3ccccc3nc21. The Balaban J connectivity index is 0.0000000995. The van der Waals surface area contributed by atoms with Gasteiger partial charge in [0.25, 0.3) is 0 Å². The van der Waals surface area contributed by atoms with E-state index in [0.717, 1.165) is 228 Å². The zero-order valence-electron chi connectivity index (χ0n) is 77.6. The number of para-hydroxylation sites is 18. The van der Waals surface area contributed by atoms with Crippen LogP contribution in [-0.2, 0) is 0 Å². The number of hydrogen-bond acceptors (Lipinski definition) is 9. The molecule has 0 saturated carbocycles. The van der Waals surface area contributed by atoms with Crippen molar-refractivity contribution < 1.29 is 0 Å². The van der Waals surface area contributed by atoms with Crippen LogP contribution in [0.1, 0.15) is 0 Å². The first-order chi connectivity index (χ1) is 71.9. The Morgan fingerprint density at radius 3 is 0.786 bits per heavy atom. The van der Waals surface area contributed by atoms with Gasteiger partial charge in [-0.25, -0.2) is 39.9 Å². The van der Waals surface area contributed by atoms with E-state index in [2.05, 4.69) is 471 Å². The third kappa shape index (κ3) is 12.0. The highest BCUT2D eigenvalue weighted by atomic mass is 15.3. The molecular formula is C128H77N17. The minimum atomic E-state index is 0.816. The molecule has 0 spiro atoms. The molecule has 145 heavy (non-hydrogen) atoms. The predicted molar refractivity (Wildman–Crippen MR) is 595 cm³/mol. The first-order valence-electron chi connectivity index (χ1n) is 48.9. The third-order valence-electron chi connectivity index (χ3n) is 29.5. The second kappa shape index (κ2) is 31.2. The van der Waals surface area contributed by atoms with Gasteiger partial charge < -0.3 is 4.90 Å². The van der Waals surface area contributed by atoms with Gasteiger partial charge in [0.2, 0.25) is 17.8 Å². The molecule has 674 valence electrons. The molecule has 0 aliphatic heterocycles. The summed E-state index contributed by atoms with van der Waals surface area (Å²) in [5.74, 6) is 2.45. The Bertz CT molecular complexity index is 11300. The van der Waals surface area contributed by atoms with Crippen molar-refractivity contribution in [2.45, 2.75) is 0 Å². The first-order valence-corrected chi connectivity index (χ1v) is 48.9. The van der Waals surface area contributed by atoms with Crippen LogP contribution in [0.25, 0.3) is 265 Å². The van der Waals surface area contributed by atoms with Crippen molar-refractivity contribution in [3.8, 4) is 40.1 Å². The van der Waals surface area contributed by atoms with E-state index in [9.17, 15) is 0 Å². The van der Waals surface area contributed by atoms with Crippen LogP contribution in [0, 0.1) is 0 Å². The molecule has 13 aromatic heterocycles. The van der Waals surface area contributed by atoms with E-state index in [1.54, 1.807) is 0 Å². The summed E-state index contributed by atoms with van der Waals surface area (Å²) in [5.41, 5.74) is 34.2. The quantitative estimate of drug-likeness (QED) is 0.136. The summed E-state index contributed by atoms with van der Waals surface area (Å²) < 4.78 is 18.2. The number of anilines is 3. The lowest BCUT2D eigenvalue weighted by Gasteiger charge is -2.25. The number of rotatable bonds is 8.